The van der Waals surface area contributed by atoms with E-state index in [1.54, 1.807) is 26.0 Å². The summed E-state index contributed by atoms with van der Waals surface area (Å²) in [5.74, 6) is -0.179. The van der Waals surface area contributed by atoms with Crippen molar-refractivity contribution in [2.75, 3.05) is 19.4 Å². The summed E-state index contributed by atoms with van der Waals surface area (Å²) < 4.78 is 22.3. The lowest BCUT2D eigenvalue weighted by Gasteiger charge is -2.15. The van der Waals surface area contributed by atoms with Gasteiger partial charge in [-0.15, -0.1) is 0 Å². The van der Waals surface area contributed by atoms with Crippen LogP contribution in [-0.4, -0.2) is 25.2 Å². The summed E-state index contributed by atoms with van der Waals surface area (Å²) in [6.45, 7) is 5.42. The van der Waals surface area contributed by atoms with Crippen molar-refractivity contribution in [3.05, 3.63) is 35.4 Å². The highest BCUT2D eigenvalue weighted by atomic mass is 31.2. The normalized spacial score (nSPS) is 14.2. The lowest BCUT2D eigenvalue weighted by Crippen LogP contribution is -2.11. The third-order valence-corrected chi connectivity index (χ3v) is 4.50. The summed E-state index contributed by atoms with van der Waals surface area (Å²) in [5.41, 5.74) is 1.48. The van der Waals surface area contributed by atoms with Gasteiger partial charge in [0.1, 0.15) is 6.61 Å². The van der Waals surface area contributed by atoms with Gasteiger partial charge in [0, 0.05) is 11.7 Å². The number of carbonyl (C=O) groups is 1. The second-order valence-electron chi connectivity index (χ2n) is 3.86. The fourth-order valence-corrected chi connectivity index (χ4v) is 2.68. The lowest BCUT2D eigenvalue weighted by atomic mass is 10.1. The molecule has 18 heavy (non-hydrogen) atoms. The van der Waals surface area contributed by atoms with Crippen LogP contribution in [-0.2, 0) is 13.6 Å². The van der Waals surface area contributed by atoms with Crippen LogP contribution < -0.4 is 0 Å². The van der Waals surface area contributed by atoms with Crippen molar-refractivity contribution in [1.29, 1.82) is 0 Å². The predicted molar refractivity (Wildman–Crippen MR) is 71.2 cm³/mol. The molecule has 4 nitrogen and oxygen atoms in total. The molecule has 0 aliphatic rings. The Labute approximate surface area is 108 Å². The Morgan fingerprint density at radius 2 is 1.89 bits per heavy atom. The summed E-state index contributed by atoms with van der Waals surface area (Å²) in [6, 6.07) is 7.25. The van der Waals surface area contributed by atoms with Crippen molar-refractivity contribution >= 4 is 13.4 Å². The molecule has 1 rings (SSSR count). The van der Waals surface area contributed by atoms with Gasteiger partial charge in [0.2, 0.25) is 0 Å². The minimum Gasteiger partial charge on any atom is -0.309 e. The number of carbonyl (C=O) groups excluding carboxylic acids is 1. The van der Waals surface area contributed by atoms with Crippen LogP contribution in [0, 0.1) is 6.92 Å². The molecule has 1 aromatic rings. The van der Waals surface area contributed by atoms with Gasteiger partial charge in [0.05, 0.1) is 6.61 Å². The van der Waals surface area contributed by atoms with Gasteiger partial charge in [0.15, 0.2) is 5.78 Å². The Balaban J connectivity index is 2.67. The zero-order valence-electron chi connectivity index (χ0n) is 11.0. The van der Waals surface area contributed by atoms with Crippen LogP contribution in [0.1, 0.15) is 29.8 Å². The average Bonchev–Trinajstić information content (AvgIpc) is 2.37. The van der Waals surface area contributed by atoms with Gasteiger partial charge in [0.25, 0.3) is 0 Å². The maximum Gasteiger partial charge on any atom is 0.330 e. The van der Waals surface area contributed by atoms with Crippen molar-refractivity contribution in [3.63, 3.8) is 0 Å². The van der Waals surface area contributed by atoms with Gasteiger partial charge < -0.3 is 9.05 Å². The number of Topliss-reactive ketones (excluding diaryl/α,β-unsaturated/α-hetero) is 1. The summed E-state index contributed by atoms with van der Waals surface area (Å²) in [5, 5.41) is 0. The van der Waals surface area contributed by atoms with Crippen molar-refractivity contribution in [3.8, 4) is 0 Å². The predicted octanol–water partition coefficient (Wildman–Crippen LogP) is 3.44. The van der Waals surface area contributed by atoms with E-state index in [1.807, 2.05) is 19.1 Å². The van der Waals surface area contributed by atoms with Gasteiger partial charge in [-0.05, 0) is 19.4 Å². The van der Waals surface area contributed by atoms with E-state index in [9.17, 15) is 9.36 Å². The number of hydrogen-bond donors (Lipinski definition) is 0. The largest absolute Gasteiger partial charge is 0.330 e. The third kappa shape index (κ3) is 4.05. The molecule has 0 aliphatic heterocycles. The molecule has 0 saturated heterocycles. The molecule has 0 bridgehead atoms. The standard InChI is InChI=1S/C13H19O4P/c1-4-16-18(15,5-2)17-10-13(14)12-9-7-6-8-11(12)3/h6-9H,4-5,10H2,1-3H3. The van der Waals surface area contributed by atoms with E-state index in [2.05, 4.69) is 0 Å². The highest BCUT2D eigenvalue weighted by Crippen LogP contribution is 2.47. The minimum atomic E-state index is -3.11. The van der Waals surface area contributed by atoms with E-state index in [-0.39, 0.29) is 18.6 Å². The first kappa shape index (κ1) is 15.1. The number of benzene rings is 1. The minimum absolute atomic E-state index is 0.179. The van der Waals surface area contributed by atoms with Gasteiger partial charge >= 0.3 is 7.60 Å². The fraction of sp³-hybridized carbons (Fsp3) is 0.462. The zero-order valence-corrected chi connectivity index (χ0v) is 11.9. The molecule has 0 amide bonds. The summed E-state index contributed by atoms with van der Waals surface area (Å²) in [4.78, 5) is 11.9. The smallest absolute Gasteiger partial charge is 0.309 e. The number of ketones is 1. The zero-order chi connectivity index (χ0) is 13.6. The van der Waals surface area contributed by atoms with E-state index in [0.29, 0.717) is 12.2 Å². The van der Waals surface area contributed by atoms with Gasteiger partial charge in [-0.25, -0.2) is 0 Å². The van der Waals surface area contributed by atoms with Crippen molar-refractivity contribution in [2.45, 2.75) is 20.8 Å². The molecule has 1 atom stereocenters. The summed E-state index contributed by atoms with van der Waals surface area (Å²) in [7, 11) is -3.11. The molecule has 5 heteroatoms. The van der Waals surface area contributed by atoms with Crippen molar-refractivity contribution in [1.82, 2.24) is 0 Å². The Morgan fingerprint density at radius 1 is 1.22 bits per heavy atom. The molecular formula is C13H19O4P. The second-order valence-corrected chi connectivity index (χ2v) is 6.23. The molecule has 0 N–H and O–H groups in total. The average molecular weight is 270 g/mol. The van der Waals surface area contributed by atoms with Gasteiger partial charge in [-0.2, -0.15) is 0 Å². The Morgan fingerprint density at radius 3 is 2.44 bits per heavy atom. The molecule has 1 aromatic carbocycles. The quantitative estimate of drug-likeness (QED) is 0.562. The highest BCUT2D eigenvalue weighted by molar-refractivity contribution is 7.53. The van der Waals surface area contributed by atoms with Crippen LogP contribution in [0.4, 0.5) is 0 Å². The number of rotatable bonds is 7. The molecule has 0 aromatic heterocycles. The van der Waals surface area contributed by atoms with E-state index in [0.717, 1.165) is 5.56 Å². The molecule has 100 valence electrons. The summed E-state index contributed by atoms with van der Waals surface area (Å²) in [6.07, 6.45) is 0.266. The Kier molecular flexibility index (Phi) is 5.73. The number of aryl methyl sites for hydroxylation is 1. The Bertz CT molecular complexity index is 456. The maximum absolute atomic E-state index is 12.0. The first-order chi connectivity index (χ1) is 8.52. The topological polar surface area (TPSA) is 52.6 Å². The molecule has 0 radical (unpaired) electrons. The van der Waals surface area contributed by atoms with Crippen LogP contribution in [0.3, 0.4) is 0 Å². The first-order valence-corrected chi connectivity index (χ1v) is 7.72. The number of hydrogen-bond acceptors (Lipinski definition) is 4. The van der Waals surface area contributed by atoms with Crippen LogP contribution in [0.25, 0.3) is 0 Å². The van der Waals surface area contributed by atoms with Crippen molar-refractivity contribution in [2.24, 2.45) is 0 Å². The Hall–Kier alpha value is -0.960. The van der Waals surface area contributed by atoms with Crippen molar-refractivity contribution < 1.29 is 18.4 Å². The molecule has 0 saturated carbocycles. The maximum atomic E-state index is 12.0. The molecular weight excluding hydrogens is 251 g/mol. The van der Waals surface area contributed by atoms with E-state index >= 15 is 0 Å². The van der Waals surface area contributed by atoms with Gasteiger partial charge in [-0.1, -0.05) is 31.2 Å². The van der Waals surface area contributed by atoms with Crippen LogP contribution in [0.2, 0.25) is 0 Å². The highest BCUT2D eigenvalue weighted by Gasteiger charge is 2.23. The molecule has 0 spiro atoms. The fourth-order valence-electron chi connectivity index (χ4n) is 1.54. The van der Waals surface area contributed by atoms with E-state index in [1.165, 1.54) is 0 Å². The van der Waals surface area contributed by atoms with Gasteiger partial charge in [-0.3, -0.25) is 9.36 Å². The second kappa shape index (κ2) is 6.83. The summed E-state index contributed by atoms with van der Waals surface area (Å²) >= 11 is 0. The van der Waals surface area contributed by atoms with E-state index in [4.69, 9.17) is 9.05 Å². The monoisotopic (exact) mass is 270 g/mol. The lowest BCUT2D eigenvalue weighted by molar-refractivity contribution is 0.0899. The third-order valence-electron chi connectivity index (χ3n) is 2.55. The first-order valence-electron chi connectivity index (χ1n) is 5.99. The van der Waals surface area contributed by atoms with E-state index < -0.39 is 7.60 Å². The van der Waals surface area contributed by atoms with Crippen LogP contribution in [0.15, 0.2) is 24.3 Å². The SMILES string of the molecule is CCOP(=O)(CC)OCC(=O)c1ccccc1C. The molecule has 0 fully saturated rings. The molecule has 0 aliphatic carbocycles. The van der Waals surface area contributed by atoms with Crippen LogP contribution >= 0.6 is 7.60 Å². The molecule has 0 heterocycles. The molecule has 1 unspecified atom stereocenters. The van der Waals surface area contributed by atoms with Crippen LogP contribution in [0.5, 0.6) is 0 Å².